The number of nitrogens with zero attached hydrogens (tertiary/aromatic N) is 1. The molecule has 0 atom stereocenters. The van der Waals surface area contributed by atoms with Crippen LogP contribution in [0.1, 0.15) is 39.0 Å². The molecule has 0 fully saturated rings. The van der Waals surface area contributed by atoms with E-state index in [1.165, 1.54) is 45.5 Å². The molecule has 0 aliphatic carbocycles. The fourth-order valence-electron chi connectivity index (χ4n) is 1.92. The Labute approximate surface area is 128 Å². The van der Waals surface area contributed by atoms with Crippen LogP contribution in [0.15, 0.2) is 23.1 Å². The third-order valence-electron chi connectivity index (χ3n) is 3.27. The summed E-state index contributed by atoms with van der Waals surface area (Å²) in [5.41, 5.74) is 6.23. The molecular weight excluding hydrogens is 288 g/mol. The second kappa shape index (κ2) is 8.24. The molecule has 0 aromatic heterocycles. The van der Waals surface area contributed by atoms with Gasteiger partial charge in [0.1, 0.15) is 5.75 Å². The third kappa shape index (κ3) is 5.21. The van der Waals surface area contributed by atoms with Crippen LogP contribution in [0.2, 0.25) is 0 Å². The lowest BCUT2D eigenvalue weighted by Gasteiger charge is -2.14. The average molecular weight is 314 g/mol. The first-order chi connectivity index (χ1) is 9.89. The molecule has 5 nitrogen and oxygen atoms in total. The van der Waals surface area contributed by atoms with Crippen LogP contribution < -0.4 is 10.5 Å². The lowest BCUT2D eigenvalue weighted by atomic mass is 10.2. The standard InChI is InChI=1S/C15H26N2O3S/c1-4-5-6-7-8-11-20-15-10-9-13(12-14(15)16)21(18,19)17(2)3/h9-10,12H,4-8,11,16H2,1-3H3. The van der Waals surface area contributed by atoms with Gasteiger partial charge >= 0.3 is 0 Å². The number of nitrogens with two attached hydrogens (primary N) is 1. The Kier molecular flexibility index (Phi) is 6.98. The van der Waals surface area contributed by atoms with Gasteiger partial charge in [-0.3, -0.25) is 0 Å². The van der Waals surface area contributed by atoms with Gasteiger partial charge in [-0.25, -0.2) is 12.7 Å². The number of hydrogen-bond acceptors (Lipinski definition) is 4. The largest absolute Gasteiger partial charge is 0.491 e. The topological polar surface area (TPSA) is 72.6 Å². The van der Waals surface area contributed by atoms with Crippen molar-refractivity contribution in [3.8, 4) is 5.75 Å². The number of ether oxygens (including phenoxy) is 1. The molecule has 1 aromatic rings. The van der Waals surface area contributed by atoms with E-state index < -0.39 is 10.0 Å². The minimum absolute atomic E-state index is 0.181. The predicted molar refractivity (Wildman–Crippen MR) is 86.0 cm³/mol. The molecule has 0 aliphatic rings. The molecule has 0 bridgehead atoms. The van der Waals surface area contributed by atoms with E-state index in [1.54, 1.807) is 6.07 Å². The number of rotatable bonds is 9. The quantitative estimate of drug-likeness (QED) is 0.562. The zero-order valence-corrected chi connectivity index (χ0v) is 13.9. The first-order valence-corrected chi connectivity index (χ1v) is 8.78. The average Bonchev–Trinajstić information content (AvgIpc) is 2.43. The van der Waals surface area contributed by atoms with Gasteiger partial charge in [-0.05, 0) is 24.6 Å². The van der Waals surface area contributed by atoms with Gasteiger partial charge in [0, 0.05) is 14.1 Å². The second-order valence-corrected chi connectivity index (χ2v) is 7.40. The molecule has 0 aliphatic heterocycles. The highest BCUT2D eigenvalue weighted by Gasteiger charge is 2.18. The summed E-state index contributed by atoms with van der Waals surface area (Å²) in [6.45, 7) is 2.79. The normalized spacial score (nSPS) is 11.8. The Balaban J connectivity index is 2.59. The third-order valence-corrected chi connectivity index (χ3v) is 5.08. The van der Waals surface area contributed by atoms with Gasteiger partial charge in [0.2, 0.25) is 10.0 Å². The Morgan fingerprint density at radius 1 is 1.14 bits per heavy atom. The molecule has 1 rings (SSSR count). The van der Waals surface area contributed by atoms with Crippen LogP contribution in [0.3, 0.4) is 0 Å². The van der Waals surface area contributed by atoms with Gasteiger partial charge < -0.3 is 10.5 Å². The number of benzene rings is 1. The van der Waals surface area contributed by atoms with Gasteiger partial charge in [0.25, 0.3) is 0 Å². The van der Waals surface area contributed by atoms with Crippen molar-refractivity contribution >= 4 is 15.7 Å². The summed E-state index contributed by atoms with van der Waals surface area (Å²) in [6.07, 6.45) is 5.81. The van der Waals surface area contributed by atoms with Crippen molar-refractivity contribution in [2.45, 2.75) is 43.9 Å². The minimum Gasteiger partial charge on any atom is -0.491 e. The van der Waals surface area contributed by atoms with E-state index in [0.29, 0.717) is 18.0 Å². The molecular formula is C15H26N2O3S. The number of nitrogen functional groups attached to an aromatic ring is 1. The molecule has 0 heterocycles. The van der Waals surface area contributed by atoms with Gasteiger partial charge in [-0.15, -0.1) is 0 Å². The maximum Gasteiger partial charge on any atom is 0.242 e. The number of sulfonamides is 1. The van der Waals surface area contributed by atoms with Crippen LogP contribution in [0.5, 0.6) is 5.75 Å². The number of unbranched alkanes of at least 4 members (excludes halogenated alkanes) is 4. The minimum atomic E-state index is -3.45. The highest BCUT2D eigenvalue weighted by molar-refractivity contribution is 7.89. The summed E-state index contributed by atoms with van der Waals surface area (Å²) in [6, 6.07) is 4.59. The number of hydrogen-bond donors (Lipinski definition) is 1. The summed E-state index contributed by atoms with van der Waals surface area (Å²) >= 11 is 0. The van der Waals surface area contributed by atoms with Gasteiger partial charge in [0.15, 0.2) is 0 Å². The van der Waals surface area contributed by atoms with Crippen LogP contribution in [-0.2, 0) is 10.0 Å². The number of anilines is 1. The fraction of sp³-hybridized carbons (Fsp3) is 0.600. The highest BCUT2D eigenvalue weighted by Crippen LogP contribution is 2.26. The van der Waals surface area contributed by atoms with Crippen molar-refractivity contribution in [2.75, 3.05) is 26.4 Å². The van der Waals surface area contributed by atoms with Gasteiger partial charge in [-0.2, -0.15) is 0 Å². The Bertz CT molecular complexity index is 542. The lowest BCUT2D eigenvalue weighted by molar-refractivity contribution is 0.306. The smallest absolute Gasteiger partial charge is 0.242 e. The summed E-state index contributed by atoms with van der Waals surface area (Å²) < 4.78 is 30.7. The zero-order chi connectivity index (χ0) is 15.9. The molecule has 120 valence electrons. The molecule has 0 spiro atoms. The van der Waals surface area contributed by atoms with E-state index in [2.05, 4.69) is 6.92 Å². The van der Waals surface area contributed by atoms with Crippen LogP contribution >= 0.6 is 0 Å². The Morgan fingerprint density at radius 2 is 1.81 bits per heavy atom. The molecule has 1 aromatic carbocycles. The lowest BCUT2D eigenvalue weighted by Crippen LogP contribution is -2.22. The van der Waals surface area contributed by atoms with Crippen molar-refractivity contribution < 1.29 is 13.2 Å². The van der Waals surface area contributed by atoms with Crippen molar-refractivity contribution in [1.29, 1.82) is 0 Å². The van der Waals surface area contributed by atoms with E-state index in [1.807, 2.05) is 0 Å². The van der Waals surface area contributed by atoms with E-state index in [-0.39, 0.29) is 4.90 Å². The highest BCUT2D eigenvalue weighted by atomic mass is 32.2. The van der Waals surface area contributed by atoms with Crippen molar-refractivity contribution in [3.05, 3.63) is 18.2 Å². The molecule has 0 saturated carbocycles. The molecule has 21 heavy (non-hydrogen) atoms. The van der Waals surface area contributed by atoms with E-state index in [0.717, 1.165) is 17.1 Å². The van der Waals surface area contributed by atoms with E-state index in [4.69, 9.17) is 10.5 Å². The summed E-state index contributed by atoms with van der Waals surface area (Å²) in [5.74, 6) is 0.545. The van der Waals surface area contributed by atoms with E-state index in [9.17, 15) is 8.42 Å². The maximum atomic E-state index is 12.0. The fourth-order valence-corrected chi connectivity index (χ4v) is 2.85. The zero-order valence-electron chi connectivity index (χ0n) is 13.1. The summed E-state index contributed by atoms with van der Waals surface area (Å²) in [4.78, 5) is 0.181. The van der Waals surface area contributed by atoms with Crippen molar-refractivity contribution in [1.82, 2.24) is 4.31 Å². The van der Waals surface area contributed by atoms with Crippen LogP contribution in [0.25, 0.3) is 0 Å². The molecule has 0 unspecified atom stereocenters. The summed E-state index contributed by atoms with van der Waals surface area (Å²) in [7, 11) is -0.469. The van der Waals surface area contributed by atoms with Crippen molar-refractivity contribution in [3.63, 3.8) is 0 Å². The van der Waals surface area contributed by atoms with Crippen molar-refractivity contribution in [2.24, 2.45) is 0 Å². The molecule has 0 saturated heterocycles. The first-order valence-electron chi connectivity index (χ1n) is 7.34. The predicted octanol–water partition coefficient (Wildman–Crippen LogP) is 2.87. The van der Waals surface area contributed by atoms with E-state index >= 15 is 0 Å². The maximum absolute atomic E-state index is 12.0. The van der Waals surface area contributed by atoms with Crippen LogP contribution in [-0.4, -0.2) is 33.4 Å². The molecule has 0 amide bonds. The molecule has 0 radical (unpaired) electrons. The second-order valence-electron chi connectivity index (χ2n) is 5.25. The molecule has 2 N–H and O–H groups in total. The van der Waals surface area contributed by atoms with Crippen LogP contribution in [0, 0.1) is 0 Å². The first kappa shape index (κ1) is 17.8. The SMILES string of the molecule is CCCCCCCOc1ccc(S(=O)(=O)N(C)C)cc1N. The van der Waals surface area contributed by atoms with Gasteiger partial charge in [0.05, 0.1) is 17.2 Å². The van der Waals surface area contributed by atoms with Gasteiger partial charge in [-0.1, -0.05) is 32.6 Å². The van der Waals surface area contributed by atoms with Crippen LogP contribution in [0.4, 0.5) is 5.69 Å². The monoisotopic (exact) mass is 314 g/mol. The summed E-state index contributed by atoms with van der Waals surface area (Å²) in [5, 5.41) is 0. The molecule has 6 heteroatoms. The Hall–Kier alpha value is -1.27. The Morgan fingerprint density at radius 3 is 2.38 bits per heavy atom.